The van der Waals surface area contributed by atoms with Gasteiger partial charge < -0.3 is 50.9 Å². The summed E-state index contributed by atoms with van der Waals surface area (Å²) >= 11 is 0. The molecule has 0 amide bonds. The van der Waals surface area contributed by atoms with Crippen LogP contribution in [0.5, 0.6) is 0 Å². The monoisotopic (exact) mass is 1240 g/mol. The molecule has 85 heavy (non-hydrogen) atoms. The van der Waals surface area contributed by atoms with Gasteiger partial charge in [0.05, 0.1) is 59.7 Å². The van der Waals surface area contributed by atoms with Crippen LogP contribution < -0.4 is 29.5 Å². The Labute approximate surface area is 526 Å². The second-order valence-electron chi connectivity index (χ2n) is 20.2. The number of anilines is 2. The molecule has 0 unspecified atom stereocenters. The summed E-state index contributed by atoms with van der Waals surface area (Å²) in [6, 6.07) is 31.9. The molecule has 0 spiro atoms. The van der Waals surface area contributed by atoms with Crippen molar-refractivity contribution < 1.29 is 65.8 Å². The molecule has 0 aliphatic rings. The Balaban J connectivity index is 0.000000346. The summed E-state index contributed by atoms with van der Waals surface area (Å²) in [6.45, 7) is 11.2. The summed E-state index contributed by atoms with van der Waals surface area (Å²) < 4.78 is 77.1. The molecule has 0 saturated carbocycles. The maximum Gasteiger partial charge on any atom is 2.00 e. The summed E-state index contributed by atoms with van der Waals surface area (Å²) in [7, 11) is -4.67. The molecule has 4 aromatic carbocycles. The maximum absolute atomic E-state index is 13.5. The van der Waals surface area contributed by atoms with Gasteiger partial charge in [-0.3, -0.25) is 0 Å². The molecule has 4 atom stereocenters. The van der Waals surface area contributed by atoms with Crippen LogP contribution in [0.2, 0.25) is 0 Å². The minimum atomic E-state index is -3.66. The third-order valence-electron chi connectivity index (χ3n) is 12.4. The van der Waals surface area contributed by atoms with Crippen LogP contribution in [0.1, 0.15) is 98.9 Å². The first-order valence-corrected chi connectivity index (χ1v) is 30.4. The van der Waals surface area contributed by atoms with E-state index in [4.69, 9.17) is 0 Å². The molecule has 6 N–H and O–H groups in total. The standard InChI is InChI=1S/2C22H28FN3O6S.C16H20N2.Ca/c2*1-13(2)20-18(10-9-16(27)11-17(28)12-19(29)30)21(14-5-7-15(23)8-6-14)25-22(24-20)26(3)33(4,31)32;1-3-7-15(8-4-1)13-17-11-12-18-14-16-9-5-2-6-10-16;/h2*5-10,13,16-17,27-28H,11-12H2,1-4H3,(H,29,30);1-10,17-18H,11-14H2;/q;;;+2/p-2/t2*16-,17-;;/m11../s1. The van der Waals surface area contributed by atoms with Crippen LogP contribution in [0.15, 0.2) is 121 Å². The van der Waals surface area contributed by atoms with Crippen LogP contribution in [0.4, 0.5) is 20.7 Å². The predicted molar refractivity (Wildman–Crippen MR) is 322 cm³/mol. The number of aliphatic hydroxyl groups is 4. The Morgan fingerprint density at radius 2 is 0.871 bits per heavy atom. The molecule has 0 saturated heterocycles. The summed E-state index contributed by atoms with van der Waals surface area (Å²) in [5.41, 5.74) is 6.19. The number of nitrogens with zero attached hydrogens (tertiary/aromatic N) is 6. The van der Waals surface area contributed by atoms with Gasteiger partial charge in [0.2, 0.25) is 31.9 Å². The van der Waals surface area contributed by atoms with E-state index in [1.807, 2.05) is 39.8 Å². The second kappa shape index (κ2) is 35.5. The minimum Gasteiger partial charge on any atom is -0.550 e. The predicted octanol–water partition coefficient (Wildman–Crippen LogP) is 4.32. The molecule has 0 aliphatic carbocycles. The van der Waals surface area contributed by atoms with Crippen molar-refractivity contribution in [3.8, 4) is 22.5 Å². The molecule has 20 nitrogen and oxygen atoms in total. The molecule has 25 heteroatoms. The number of aromatic nitrogens is 4. The van der Waals surface area contributed by atoms with Crippen LogP contribution in [0.25, 0.3) is 34.7 Å². The molecule has 0 fully saturated rings. The number of carboxylic acids is 2. The first kappa shape index (κ1) is 73.1. The molecule has 0 radical (unpaired) electrons. The van der Waals surface area contributed by atoms with Gasteiger partial charge in [0.15, 0.2) is 0 Å². The van der Waals surface area contributed by atoms with E-state index in [1.54, 1.807) is 0 Å². The zero-order chi connectivity index (χ0) is 62.3. The van der Waals surface area contributed by atoms with Crippen molar-refractivity contribution in [2.24, 2.45) is 0 Å². The first-order valence-electron chi connectivity index (χ1n) is 26.7. The Morgan fingerprint density at radius 3 is 1.15 bits per heavy atom. The van der Waals surface area contributed by atoms with E-state index in [0.29, 0.717) is 45.0 Å². The third-order valence-corrected chi connectivity index (χ3v) is 14.8. The van der Waals surface area contributed by atoms with Crippen molar-refractivity contribution >= 4 is 93.8 Å². The number of carbonyl (C=O) groups is 2. The van der Waals surface area contributed by atoms with Crippen molar-refractivity contribution in [3.05, 3.63) is 167 Å². The molecular weight excluding hydrogens is 1170 g/mol. The Bertz CT molecular complexity index is 3130. The molecule has 2 aromatic heterocycles. The van der Waals surface area contributed by atoms with E-state index in [9.17, 15) is 65.8 Å². The minimum absolute atomic E-state index is 0. The number of halogens is 2. The zero-order valence-corrected chi connectivity index (χ0v) is 52.7. The average Bonchev–Trinajstić information content (AvgIpc) is 3.45. The number of hydrogen-bond donors (Lipinski definition) is 6. The van der Waals surface area contributed by atoms with Gasteiger partial charge in [0.1, 0.15) is 11.6 Å². The normalized spacial score (nSPS) is 13.0. The maximum atomic E-state index is 13.5. The first-order chi connectivity index (χ1) is 39.5. The number of sulfonamides is 2. The SMILES string of the molecule is CC(C)c1nc(N(C)S(C)(=O)=O)nc(-c2ccc(F)cc2)c1C=C[C@@H](O)C[C@@H](O)CC(=O)[O-].CC(C)c1nc(N(C)S(C)(=O)=O)nc(-c2ccc(F)cc2)c1C=C[C@@H](O)C[C@@H](O)CC(=O)[O-].[Ca+2].c1ccc(CNCCNCc2ccccc2)cc1. The number of nitrogens with one attached hydrogen (secondary N) is 2. The number of carbonyl (C=O) groups excluding carboxylic acids is 2. The third kappa shape index (κ3) is 25.4. The average molecular weight is 1240 g/mol. The number of hydrogen-bond acceptors (Lipinski definition) is 18. The van der Waals surface area contributed by atoms with E-state index in [-0.39, 0.29) is 74.3 Å². The van der Waals surface area contributed by atoms with Crippen molar-refractivity contribution in [2.45, 2.75) is 103 Å². The van der Waals surface area contributed by atoms with Crippen LogP contribution in [0, 0.1) is 11.6 Å². The van der Waals surface area contributed by atoms with E-state index >= 15 is 0 Å². The molecule has 0 bridgehead atoms. The molecule has 6 aromatic rings. The topological polar surface area (TPSA) is 312 Å². The van der Waals surface area contributed by atoms with E-state index in [1.165, 1.54) is 98.1 Å². The molecular formula is C60H74CaF2N8O12S2. The van der Waals surface area contributed by atoms with E-state index in [0.717, 1.165) is 47.3 Å². The molecule has 454 valence electrons. The molecule has 2 heterocycles. The Hall–Kier alpha value is -6.16. The number of carboxylic acid groups (broad SMARTS) is 2. The summed E-state index contributed by atoms with van der Waals surface area (Å²) in [5, 5.41) is 68.0. The molecule has 6 rings (SSSR count). The second-order valence-corrected chi connectivity index (χ2v) is 24.3. The van der Waals surface area contributed by atoms with Gasteiger partial charge in [-0.1, -0.05) is 113 Å². The van der Waals surface area contributed by atoms with E-state index < -0.39 is 80.9 Å². The van der Waals surface area contributed by atoms with E-state index in [2.05, 4.69) is 79.1 Å². The van der Waals surface area contributed by atoms with Crippen molar-refractivity contribution in [3.63, 3.8) is 0 Å². The number of aliphatic hydroxyl groups excluding tert-OH is 4. The largest absolute Gasteiger partial charge is 2.00 e. The summed E-state index contributed by atoms with van der Waals surface area (Å²) in [6.07, 6.45) is 1.16. The van der Waals surface area contributed by atoms with Gasteiger partial charge in [-0.15, -0.1) is 0 Å². The van der Waals surface area contributed by atoms with Gasteiger partial charge in [-0.25, -0.2) is 54.2 Å². The fourth-order valence-corrected chi connectivity index (χ4v) is 8.66. The number of benzene rings is 4. The van der Waals surface area contributed by atoms with Gasteiger partial charge >= 0.3 is 37.7 Å². The fourth-order valence-electron chi connectivity index (χ4n) is 7.91. The van der Waals surface area contributed by atoms with Crippen LogP contribution in [-0.4, -0.2) is 171 Å². The van der Waals surface area contributed by atoms with Crippen LogP contribution in [-0.2, 0) is 42.7 Å². The van der Waals surface area contributed by atoms with Crippen molar-refractivity contribution in [2.75, 3.05) is 48.3 Å². The van der Waals surface area contributed by atoms with Crippen LogP contribution in [0.3, 0.4) is 0 Å². The van der Waals surface area contributed by atoms with Gasteiger partial charge in [-0.2, -0.15) is 0 Å². The van der Waals surface area contributed by atoms with Gasteiger partial charge in [0, 0.05) is 100 Å². The van der Waals surface area contributed by atoms with Crippen LogP contribution >= 0.6 is 0 Å². The van der Waals surface area contributed by atoms with Crippen molar-refractivity contribution in [1.29, 1.82) is 0 Å². The van der Waals surface area contributed by atoms with Gasteiger partial charge in [-0.05, 0) is 71.5 Å². The summed E-state index contributed by atoms with van der Waals surface area (Å²) in [4.78, 5) is 38.9. The number of rotatable bonds is 27. The Kier molecular flexibility index (Phi) is 30.5. The van der Waals surface area contributed by atoms with Gasteiger partial charge in [0.25, 0.3) is 0 Å². The smallest absolute Gasteiger partial charge is 0.550 e. The zero-order valence-electron chi connectivity index (χ0n) is 48.8. The van der Waals surface area contributed by atoms with Crippen molar-refractivity contribution in [1.82, 2.24) is 30.6 Å². The fraction of sp³-hybridized carbons (Fsp3) is 0.367. The summed E-state index contributed by atoms with van der Waals surface area (Å²) in [5.74, 6) is -4.28. The number of aliphatic carboxylic acids is 2. The Morgan fingerprint density at radius 1 is 0.553 bits per heavy atom. The quantitative estimate of drug-likeness (QED) is 0.0309. The molecule has 0 aliphatic heterocycles.